The van der Waals surface area contributed by atoms with E-state index in [1.807, 2.05) is 6.92 Å². The highest BCUT2D eigenvalue weighted by atomic mass is 35.5. The molecule has 2 nitrogen and oxygen atoms in total. The third-order valence-corrected chi connectivity index (χ3v) is 6.73. The molecule has 11 heavy (non-hydrogen) atoms. The van der Waals surface area contributed by atoms with Crippen molar-refractivity contribution in [3.63, 3.8) is 0 Å². The molecule has 0 N–H and O–H groups in total. The van der Waals surface area contributed by atoms with Gasteiger partial charge in [0.15, 0.2) is 0 Å². The second-order valence-corrected chi connectivity index (χ2v) is 7.93. The number of rotatable bonds is 3. The van der Waals surface area contributed by atoms with E-state index in [0.717, 1.165) is 18.3 Å². The van der Waals surface area contributed by atoms with Gasteiger partial charge in [0.05, 0.1) is 6.10 Å². The van der Waals surface area contributed by atoms with Crippen molar-refractivity contribution in [2.24, 2.45) is 0 Å². The van der Waals surface area contributed by atoms with E-state index in [4.69, 9.17) is 16.1 Å². The van der Waals surface area contributed by atoms with E-state index < -0.39 is 6.57 Å². The first-order chi connectivity index (χ1) is 5.16. The summed E-state index contributed by atoms with van der Waals surface area (Å²) in [5, 5.41) is 0. The molecule has 2 atom stereocenters. The van der Waals surface area contributed by atoms with E-state index in [1.54, 1.807) is 0 Å². The minimum Gasteiger partial charge on any atom is -0.318 e. The maximum Gasteiger partial charge on any atom is 0.258 e. The summed E-state index contributed by atoms with van der Waals surface area (Å²) in [6.07, 6.45) is 1.81. The van der Waals surface area contributed by atoms with E-state index in [9.17, 15) is 4.57 Å². The van der Waals surface area contributed by atoms with Gasteiger partial charge in [-0.2, -0.15) is 0 Å². The lowest BCUT2D eigenvalue weighted by Crippen LogP contribution is -1.93. The van der Waals surface area contributed by atoms with E-state index in [-0.39, 0.29) is 6.10 Å². The summed E-state index contributed by atoms with van der Waals surface area (Å²) >= 11 is 6.87. The molecule has 66 valence electrons. The molecule has 0 radical (unpaired) electrons. The van der Waals surface area contributed by atoms with Crippen LogP contribution in [-0.4, -0.2) is 23.9 Å². The van der Waals surface area contributed by atoms with Gasteiger partial charge in [-0.25, -0.2) is 0 Å². The second kappa shape index (κ2) is 4.18. The molecule has 5 heteroatoms. The lowest BCUT2D eigenvalue weighted by atomic mass is 10.3. The molecule has 1 heterocycles. The van der Waals surface area contributed by atoms with Crippen LogP contribution in [0.5, 0.6) is 0 Å². The van der Waals surface area contributed by atoms with Crippen molar-refractivity contribution in [1.82, 2.24) is 0 Å². The molecule has 1 saturated heterocycles. The Balaban J connectivity index is 2.36. The molecule has 1 aliphatic heterocycles. The highest BCUT2D eigenvalue weighted by molar-refractivity contribution is 8.56. The van der Waals surface area contributed by atoms with Crippen LogP contribution in [0.1, 0.15) is 13.3 Å². The van der Waals surface area contributed by atoms with Crippen molar-refractivity contribution in [2.75, 3.05) is 17.8 Å². The first-order valence-electron chi connectivity index (χ1n) is 3.64. The second-order valence-electron chi connectivity index (χ2n) is 2.56. The predicted octanol–water partition coefficient (Wildman–Crippen LogP) is 2.96. The van der Waals surface area contributed by atoms with Crippen LogP contribution in [0.2, 0.25) is 0 Å². The quantitative estimate of drug-likeness (QED) is 0.534. The average Bonchev–Trinajstić information content (AvgIpc) is 2.28. The Bertz CT molecular complexity index is 176. The van der Waals surface area contributed by atoms with E-state index in [1.165, 1.54) is 11.4 Å². The summed E-state index contributed by atoms with van der Waals surface area (Å²) in [6, 6.07) is 0. The summed E-state index contributed by atoms with van der Waals surface area (Å²) < 4.78 is 17.0. The van der Waals surface area contributed by atoms with Crippen molar-refractivity contribution in [3.8, 4) is 0 Å². The molecule has 0 aromatic carbocycles. The lowest BCUT2D eigenvalue weighted by molar-refractivity contribution is 0.261. The zero-order chi connectivity index (χ0) is 8.32. The first-order valence-corrected chi connectivity index (χ1v) is 7.58. The summed E-state index contributed by atoms with van der Waals surface area (Å²) in [4.78, 5) is 0. The Morgan fingerprint density at radius 1 is 1.82 bits per heavy atom. The molecule has 0 aromatic rings. The van der Waals surface area contributed by atoms with Gasteiger partial charge < -0.3 is 4.52 Å². The van der Waals surface area contributed by atoms with Gasteiger partial charge in [-0.15, -0.1) is 11.6 Å². The van der Waals surface area contributed by atoms with E-state index >= 15 is 0 Å². The van der Waals surface area contributed by atoms with Gasteiger partial charge in [0.2, 0.25) is 0 Å². The molecule has 0 amide bonds. The Labute approximate surface area is 76.2 Å². The average molecular weight is 215 g/mol. The van der Waals surface area contributed by atoms with Crippen molar-refractivity contribution in [1.29, 1.82) is 0 Å². The minimum atomic E-state index is -2.31. The van der Waals surface area contributed by atoms with Crippen LogP contribution in [0.3, 0.4) is 0 Å². The van der Waals surface area contributed by atoms with Gasteiger partial charge in [-0.3, -0.25) is 4.57 Å². The third kappa shape index (κ3) is 2.98. The lowest BCUT2D eigenvalue weighted by Gasteiger charge is -2.09. The fraction of sp³-hybridized carbons (Fsp3) is 1.00. The van der Waals surface area contributed by atoms with Crippen LogP contribution in [0.4, 0.5) is 0 Å². The molecular formula is C6H12ClO2PS. The fourth-order valence-corrected chi connectivity index (χ4v) is 5.95. The summed E-state index contributed by atoms with van der Waals surface area (Å²) in [6.45, 7) is -0.351. The van der Waals surface area contributed by atoms with Crippen LogP contribution in [0, 0.1) is 0 Å². The minimum absolute atomic E-state index is 0.170. The molecule has 2 unspecified atom stereocenters. The van der Waals surface area contributed by atoms with Crippen molar-refractivity contribution < 1.29 is 9.09 Å². The largest absolute Gasteiger partial charge is 0.318 e. The zero-order valence-corrected chi connectivity index (χ0v) is 8.92. The van der Waals surface area contributed by atoms with Crippen LogP contribution in [-0.2, 0) is 9.09 Å². The Morgan fingerprint density at radius 2 is 2.55 bits per heavy atom. The Hall–Kier alpha value is 0.830. The van der Waals surface area contributed by atoms with Crippen LogP contribution >= 0.6 is 29.6 Å². The molecule has 0 aromatic heterocycles. The molecule has 0 saturated carbocycles. The highest BCUT2D eigenvalue weighted by Crippen LogP contribution is 2.64. The SMILES string of the molecule is CC1CCP(=O)(SCCCl)O1. The molecule has 0 bridgehead atoms. The number of alkyl halides is 1. The molecule has 0 aliphatic carbocycles. The number of hydrogen-bond donors (Lipinski definition) is 0. The summed E-state index contributed by atoms with van der Waals surface area (Å²) in [7, 11) is 0. The normalized spacial score (nSPS) is 37.8. The molecular weight excluding hydrogens is 203 g/mol. The third-order valence-electron chi connectivity index (χ3n) is 1.52. The van der Waals surface area contributed by atoms with Gasteiger partial charge in [-0.1, -0.05) is 11.4 Å². The Kier molecular flexibility index (Phi) is 3.76. The highest BCUT2D eigenvalue weighted by Gasteiger charge is 2.32. The van der Waals surface area contributed by atoms with Crippen molar-refractivity contribution >= 4 is 29.6 Å². The van der Waals surface area contributed by atoms with Gasteiger partial charge in [0.1, 0.15) is 0 Å². The maximum atomic E-state index is 11.7. The Morgan fingerprint density at radius 3 is 3.00 bits per heavy atom. The smallest absolute Gasteiger partial charge is 0.258 e. The topological polar surface area (TPSA) is 26.3 Å². The summed E-state index contributed by atoms with van der Waals surface area (Å²) in [5.74, 6) is 1.28. The molecule has 0 spiro atoms. The van der Waals surface area contributed by atoms with Gasteiger partial charge in [0, 0.05) is 17.8 Å². The van der Waals surface area contributed by atoms with E-state index in [0.29, 0.717) is 5.88 Å². The summed E-state index contributed by atoms with van der Waals surface area (Å²) in [5.41, 5.74) is 0. The number of halogens is 1. The van der Waals surface area contributed by atoms with Crippen LogP contribution in [0.25, 0.3) is 0 Å². The number of hydrogen-bond acceptors (Lipinski definition) is 3. The zero-order valence-electron chi connectivity index (χ0n) is 6.46. The molecule has 1 fully saturated rings. The van der Waals surface area contributed by atoms with Gasteiger partial charge >= 0.3 is 0 Å². The maximum absolute atomic E-state index is 11.7. The van der Waals surface area contributed by atoms with Gasteiger partial charge in [0.25, 0.3) is 6.57 Å². The van der Waals surface area contributed by atoms with Crippen molar-refractivity contribution in [2.45, 2.75) is 19.4 Å². The van der Waals surface area contributed by atoms with Crippen LogP contribution < -0.4 is 0 Å². The van der Waals surface area contributed by atoms with Gasteiger partial charge in [-0.05, 0) is 13.3 Å². The fourth-order valence-electron chi connectivity index (χ4n) is 0.988. The monoisotopic (exact) mass is 214 g/mol. The first kappa shape index (κ1) is 9.91. The molecule has 1 rings (SSSR count). The van der Waals surface area contributed by atoms with Crippen LogP contribution in [0.15, 0.2) is 0 Å². The predicted molar refractivity (Wildman–Crippen MR) is 50.8 cm³/mol. The standard InChI is InChI=1S/C6H12ClO2PS/c1-6-2-4-10(8,9-6)11-5-3-7/h6H,2-5H2,1H3. The van der Waals surface area contributed by atoms with E-state index in [2.05, 4.69) is 0 Å². The van der Waals surface area contributed by atoms with Crippen molar-refractivity contribution in [3.05, 3.63) is 0 Å². The molecule has 1 aliphatic rings.